The Labute approximate surface area is 259 Å². The zero-order valence-corrected chi connectivity index (χ0v) is 25.8. The summed E-state index contributed by atoms with van der Waals surface area (Å²) >= 11 is 8.41. The number of ether oxygens (including phenoxy) is 5. The van der Waals surface area contributed by atoms with Crippen molar-refractivity contribution in [2.45, 2.75) is 57.5 Å². The predicted octanol–water partition coefficient (Wildman–Crippen LogP) is 3.96. The Hall–Kier alpha value is -3.72. The molecule has 1 amide bonds. The number of benzene rings is 1. The largest absolute Gasteiger partial charge is 0.463 e. The Balaban J connectivity index is 1.78. The van der Waals surface area contributed by atoms with E-state index in [0.29, 0.717) is 10.7 Å². The van der Waals surface area contributed by atoms with Crippen molar-refractivity contribution in [3.8, 4) is 0 Å². The van der Waals surface area contributed by atoms with E-state index in [2.05, 4.69) is 4.99 Å². The van der Waals surface area contributed by atoms with E-state index in [0.717, 1.165) is 37.4 Å². The molecule has 0 bridgehead atoms. The van der Waals surface area contributed by atoms with Crippen molar-refractivity contribution >= 4 is 81.4 Å². The maximum Gasteiger partial charge on any atom is 0.303 e. The molecule has 1 fully saturated rings. The highest BCUT2D eigenvalue weighted by Gasteiger charge is 2.53. The summed E-state index contributed by atoms with van der Waals surface area (Å²) in [5.41, 5.74) is -0.602. The third-order valence-electron chi connectivity index (χ3n) is 5.91. The summed E-state index contributed by atoms with van der Waals surface area (Å²) in [5, 5.41) is 2.46. The molecule has 0 saturated carbocycles. The molecule has 0 spiro atoms. The molecule has 2 aliphatic heterocycles. The van der Waals surface area contributed by atoms with E-state index in [1.165, 1.54) is 23.2 Å². The molecular formula is C28H27ClN2O10S2. The summed E-state index contributed by atoms with van der Waals surface area (Å²) in [4.78, 5) is 68.4. The minimum Gasteiger partial charge on any atom is -0.463 e. The van der Waals surface area contributed by atoms with Crippen molar-refractivity contribution in [2.75, 3.05) is 11.5 Å². The highest BCUT2D eigenvalue weighted by molar-refractivity contribution is 8.14. The molecule has 1 aromatic carbocycles. The van der Waals surface area contributed by atoms with Crippen LogP contribution in [0.5, 0.6) is 0 Å². The Kier molecular flexibility index (Phi) is 10.6. The second kappa shape index (κ2) is 14.2. The number of anilines is 1. The fraction of sp³-hybridized carbons (Fsp3) is 0.357. The molecule has 0 aliphatic carbocycles. The number of thioether (sulfide) groups is 1. The van der Waals surface area contributed by atoms with E-state index in [1.807, 2.05) is 17.5 Å². The normalized spacial score (nSPS) is 24.3. The van der Waals surface area contributed by atoms with Crippen molar-refractivity contribution < 1.29 is 47.7 Å². The van der Waals surface area contributed by atoms with Gasteiger partial charge in [-0.15, -0.1) is 11.3 Å². The number of hydrogen-bond donors (Lipinski definition) is 0. The van der Waals surface area contributed by atoms with E-state index in [4.69, 9.17) is 35.3 Å². The van der Waals surface area contributed by atoms with E-state index >= 15 is 0 Å². The lowest BCUT2D eigenvalue weighted by molar-refractivity contribution is -0.237. The van der Waals surface area contributed by atoms with E-state index < -0.39 is 59.6 Å². The Morgan fingerprint density at radius 1 is 0.953 bits per heavy atom. The highest BCUT2D eigenvalue weighted by atomic mass is 35.5. The van der Waals surface area contributed by atoms with Gasteiger partial charge in [-0.25, -0.2) is 4.99 Å². The highest BCUT2D eigenvalue weighted by Crippen LogP contribution is 2.39. The molecule has 0 unspecified atom stereocenters. The van der Waals surface area contributed by atoms with Crippen LogP contribution in [0, 0.1) is 0 Å². The molecule has 12 nitrogen and oxygen atoms in total. The number of aliphatic imine (C=N–C) groups is 1. The van der Waals surface area contributed by atoms with Crippen molar-refractivity contribution in [1.29, 1.82) is 0 Å². The summed E-state index contributed by atoms with van der Waals surface area (Å²) in [6.07, 6.45) is -3.52. The molecule has 3 heterocycles. The molecule has 4 rings (SSSR count). The fourth-order valence-electron chi connectivity index (χ4n) is 4.29. The quantitative estimate of drug-likeness (QED) is 0.232. The van der Waals surface area contributed by atoms with Crippen LogP contribution in [0.15, 0.2) is 52.5 Å². The standard InChI is InChI=1S/C28H27ClN2O10S2/c1-14(32)37-13-22-23(38-15(2)33)24(39-16(3)34)25(40-17(4)35)27(41-22)43-28-30-21(12-20-6-5-11-42-20)26(36)31(28)19-9-7-18(29)8-10-19/h5-12,22-25,27H,13H2,1-4H3/b21-12+/t22-,23-,24+,25+,27+/m0/s1. The van der Waals surface area contributed by atoms with Crippen molar-refractivity contribution in [3.63, 3.8) is 0 Å². The molecule has 15 heteroatoms. The molecular weight excluding hydrogens is 624 g/mol. The molecule has 2 aromatic rings. The fourth-order valence-corrected chi connectivity index (χ4v) is 6.26. The van der Waals surface area contributed by atoms with Crippen LogP contribution in [0.3, 0.4) is 0 Å². The number of nitrogens with zero attached hydrogens (tertiary/aromatic N) is 2. The van der Waals surface area contributed by atoms with Gasteiger partial charge in [0.05, 0.1) is 5.69 Å². The third kappa shape index (κ3) is 8.22. The first kappa shape index (κ1) is 32.2. The van der Waals surface area contributed by atoms with Crippen LogP contribution in [-0.2, 0) is 47.7 Å². The average Bonchev–Trinajstić information content (AvgIpc) is 3.54. The van der Waals surface area contributed by atoms with Crippen molar-refractivity contribution in [1.82, 2.24) is 0 Å². The summed E-state index contributed by atoms with van der Waals surface area (Å²) < 4.78 is 27.8. The Morgan fingerprint density at radius 3 is 2.16 bits per heavy atom. The smallest absolute Gasteiger partial charge is 0.303 e. The Bertz CT molecular complexity index is 1440. The van der Waals surface area contributed by atoms with Crippen LogP contribution in [0.1, 0.15) is 32.6 Å². The van der Waals surface area contributed by atoms with Crippen LogP contribution in [0.4, 0.5) is 5.69 Å². The van der Waals surface area contributed by atoms with Gasteiger partial charge in [-0.05, 0) is 41.8 Å². The van der Waals surface area contributed by atoms with Gasteiger partial charge >= 0.3 is 23.9 Å². The molecule has 2 aliphatic rings. The first-order valence-corrected chi connectivity index (χ1v) is 15.0. The van der Waals surface area contributed by atoms with Gasteiger partial charge in [-0.3, -0.25) is 28.9 Å². The third-order valence-corrected chi connectivity index (χ3v) is 8.07. The van der Waals surface area contributed by atoms with Crippen LogP contribution in [0.25, 0.3) is 6.08 Å². The number of halogens is 1. The Morgan fingerprint density at radius 2 is 1.58 bits per heavy atom. The number of hydrogen-bond acceptors (Lipinski definition) is 13. The van der Waals surface area contributed by atoms with E-state index in [9.17, 15) is 24.0 Å². The van der Waals surface area contributed by atoms with Crippen LogP contribution < -0.4 is 4.90 Å². The lowest BCUT2D eigenvalue weighted by Gasteiger charge is -2.44. The number of amides is 1. The first-order chi connectivity index (χ1) is 20.4. The van der Waals surface area contributed by atoms with Gasteiger partial charge in [-0.1, -0.05) is 29.4 Å². The van der Waals surface area contributed by atoms with Gasteiger partial charge in [0.1, 0.15) is 18.4 Å². The number of carbonyl (C=O) groups excluding carboxylic acids is 5. The predicted molar refractivity (Wildman–Crippen MR) is 158 cm³/mol. The topological polar surface area (TPSA) is 147 Å². The van der Waals surface area contributed by atoms with Crippen LogP contribution in [0.2, 0.25) is 5.02 Å². The van der Waals surface area contributed by atoms with Crippen LogP contribution in [-0.4, -0.2) is 71.4 Å². The second-order valence-corrected chi connectivity index (χ2v) is 11.7. The van der Waals surface area contributed by atoms with Crippen molar-refractivity contribution in [3.05, 3.63) is 57.4 Å². The molecule has 228 valence electrons. The first-order valence-electron chi connectivity index (χ1n) is 12.8. The molecule has 1 saturated heterocycles. The lowest BCUT2D eigenvalue weighted by Crippen LogP contribution is -2.61. The van der Waals surface area contributed by atoms with Gasteiger partial charge in [0.15, 0.2) is 28.9 Å². The zero-order valence-electron chi connectivity index (χ0n) is 23.4. The van der Waals surface area contributed by atoms with Gasteiger partial charge in [0.2, 0.25) is 0 Å². The number of carbonyl (C=O) groups is 5. The monoisotopic (exact) mass is 650 g/mol. The number of rotatable bonds is 8. The molecule has 0 N–H and O–H groups in total. The van der Waals surface area contributed by atoms with Crippen LogP contribution >= 0.6 is 34.7 Å². The molecule has 1 aromatic heterocycles. The zero-order chi connectivity index (χ0) is 31.3. The maximum atomic E-state index is 13.6. The number of amidine groups is 1. The van der Waals surface area contributed by atoms with Crippen molar-refractivity contribution in [2.24, 2.45) is 4.99 Å². The van der Waals surface area contributed by atoms with E-state index in [1.54, 1.807) is 30.3 Å². The van der Waals surface area contributed by atoms with Gasteiger partial charge < -0.3 is 23.7 Å². The molecule has 43 heavy (non-hydrogen) atoms. The maximum absolute atomic E-state index is 13.6. The molecule has 5 atom stereocenters. The van der Waals surface area contributed by atoms with Gasteiger partial charge in [0.25, 0.3) is 5.91 Å². The molecule has 0 radical (unpaired) electrons. The van der Waals surface area contributed by atoms with Gasteiger partial charge in [-0.2, -0.15) is 0 Å². The minimum absolute atomic E-state index is 0.130. The summed E-state index contributed by atoms with van der Waals surface area (Å²) in [5.74, 6) is -3.32. The number of esters is 4. The average molecular weight is 651 g/mol. The lowest BCUT2D eigenvalue weighted by atomic mass is 9.99. The summed E-state index contributed by atoms with van der Waals surface area (Å²) in [6.45, 7) is 4.23. The summed E-state index contributed by atoms with van der Waals surface area (Å²) in [7, 11) is 0. The SMILES string of the molecule is CC(=O)OC[C@@H]1O[C@H](SC2=N/C(=C/c3cccs3)C(=O)N2c2ccc(Cl)cc2)[C@H](OC(C)=O)[C@H](OC(C)=O)[C@H]1OC(C)=O. The second-order valence-electron chi connectivity index (χ2n) is 9.24. The minimum atomic E-state index is -1.36. The van der Waals surface area contributed by atoms with E-state index in [-0.39, 0.29) is 17.5 Å². The summed E-state index contributed by atoms with van der Waals surface area (Å²) in [6, 6.07) is 10.2. The van der Waals surface area contributed by atoms with Gasteiger partial charge in [0, 0.05) is 37.6 Å². The number of thiophene rings is 1.